The topological polar surface area (TPSA) is 12.0 Å². The number of nitrogens with one attached hydrogen (secondary N) is 1. The first-order valence-corrected chi connectivity index (χ1v) is 9.42. The summed E-state index contributed by atoms with van der Waals surface area (Å²) in [7, 11) is 0. The SMILES string of the molecule is CCNC(Cc1sccc1Br)CC1CCCCCC1. The Morgan fingerprint density at radius 2 is 2.05 bits per heavy atom. The van der Waals surface area contributed by atoms with Crippen molar-refractivity contribution in [3.05, 3.63) is 20.8 Å². The summed E-state index contributed by atoms with van der Waals surface area (Å²) in [4.78, 5) is 1.50. The Kier molecular flexibility index (Phi) is 6.89. The number of thiophene rings is 1. The fourth-order valence-electron chi connectivity index (χ4n) is 3.22. The van der Waals surface area contributed by atoms with E-state index in [1.54, 1.807) is 0 Å². The Labute approximate surface area is 130 Å². The van der Waals surface area contributed by atoms with E-state index in [9.17, 15) is 0 Å². The minimum Gasteiger partial charge on any atom is -0.314 e. The van der Waals surface area contributed by atoms with Crippen molar-refractivity contribution in [2.45, 2.75) is 64.3 Å². The summed E-state index contributed by atoms with van der Waals surface area (Å²) in [5.74, 6) is 0.949. The molecule has 1 aromatic rings. The van der Waals surface area contributed by atoms with E-state index in [2.05, 4.69) is 39.6 Å². The second-order valence-electron chi connectivity index (χ2n) is 5.74. The lowest BCUT2D eigenvalue weighted by molar-refractivity contribution is 0.353. The monoisotopic (exact) mass is 343 g/mol. The maximum atomic E-state index is 3.70. The predicted molar refractivity (Wildman–Crippen MR) is 89.0 cm³/mol. The lowest BCUT2D eigenvalue weighted by Crippen LogP contribution is -2.33. The van der Waals surface area contributed by atoms with Crippen molar-refractivity contribution in [1.29, 1.82) is 0 Å². The molecular weight excluding hydrogens is 318 g/mol. The average Bonchev–Trinajstić information content (AvgIpc) is 2.66. The van der Waals surface area contributed by atoms with Gasteiger partial charge in [0, 0.05) is 15.4 Å². The molecule has 0 spiro atoms. The van der Waals surface area contributed by atoms with Crippen molar-refractivity contribution in [2.75, 3.05) is 6.54 Å². The van der Waals surface area contributed by atoms with Crippen molar-refractivity contribution < 1.29 is 0 Å². The van der Waals surface area contributed by atoms with E-state index in [-0.39, 0.29) is 0 Å². The molecule has 0 aliphatic heterocycles. The van der Waals surface area contributed by atoms with Crippen molar-refractivity contribution in [3.63, 3.8) is 0 Å². The zero-order valence-electron chi connectivity index (χ0n) is 12.0. The minimum atomic E-state index is 0.656. The molecule has 1 fully saturated rings. The third kappa shape index (κ3) is 5.20. The standard InChI is InChI=1S/C16H26BrNS/c1-2-18-14(12-16-15(17)9-10-19-16)11-13-7-5-3-4-6-8-13/h9-10,13-14,18H,2-8,11-12H2,1H3. The first kappa shape index (κ1) is 15.5. The van der Waals surface area contributed by atoms with Crippen LogP contribution >= 0.6 is 27.3 Å². The molecule has 19 heavy (non-hydrogen) atoms. The highest BCUT2D eigenvalue weighted by atomic mass is 79.9. The maximum Gasteiger partial charge on any atom is 0.0314 e. The zero-order valence-corrected chi connectivity index (χ0v) is 14.4. The van der Waals surface area contributed by atoms with Gasteiger partial charge in [0.25, 0.3) is 0 Å². The Hall–Kier alpha value is 0.140. The lowest BCUT2D eigenvalue weighted by Gasteiger charge is -2.23. The van der Waals surface area contributed by atoms with Crippen LogP contribution in [-0.2, 0) is 6.42 Å². The first-order chi connectivity index (χ1) is 9.29. The molecule has 0 radical (unpaired) electrons. The fraction of sp³-hybridized carbons (Fsp3) is 0.750. The van der Waals surface area contributed by atoms with Gasteiger partial charge in [-0.25, -0.2) is 0 Å². The number of rotatable bonds is 6. The second-order valence-corrected chi connectivity index (χ2v) is 7.60. The lowest BCUT2D eigenvalue weighted by atomic mass is 9.91. The molecule has 3 heteroatoms. The first-order valence-electron chi connectivity index (χ1n) is 7.74. The van der Waals surface area contributed by atoms with Crippen LogP contribution in [0.2, 0.25) is 0 Å². The number of hydrogen-bond donors (Lipinski definition) is 1. The van der Waals surface area contributed by atoms with Gasteiger partial charge in [0.05, 0.1) is 0 Å². The molecule has 1 heterocycles. The molecule has 0 amide bonds. The molecule has 1 aromatic heterocycles. The fourth-order valence-corrected chi connectivity index (χ4v) is 4.82. The summed E-state index contributed by atoms with van der Waals surface area (Å²) < 4.78 is 1.29. The quantitative estimate of drug-likeness (QED) is 0.682. The minimum absolute atomic E-state index is 0.656. The smallest absolute Gasteiger partial charge is 0.0314 e. The summed E-state index contributed by atoms with van der Waals surface area (Å²) in [6, 6.07) is 2.83. The van der Waals surface area contributed by atoms with Gasteiger partial charge >= 0.3 is 0 Å². The Morgan fingerprint density at radius 3 is 2.63 bits per heavy atom. The van der Waals surface area contributed by atoms with Crippen LogP contribution in [0.25, 0.3) is 0 Å². The third-order valence-electron chi connectivity index (χ3n) is 4.21. The van der Waals surface area contributed by atoms with Crippen LogP contribution in [0.4, 0.5) is 0 Å². The number of halogens is 1. The van der Waals surface area contributed by atoms with E-state index in [4.69, 9.17) is 0 Å². The Morgan fingerprint density at radius 1 is 1.32 bits per heavy atom. The second kappa shape index (κ2) is 8.43. The Balaban J connectivity index is 1.89. The van der Waals surface area contributed by atoms with Gasteiger partial charge in [0.1, 0.15) is 0 Å². The van der Waals surface area contributed by atoms with Gasteiger partial charge in [0.2, 0.25) is 0 Å². The van der Waals surface area contributed by atoms with Gasteiger partial charge in [-0.05, 0) is 52.7 Å². The maximum absolute atomic E-state index is 3.70. The summed E-state index contributed by atoms with van der Waals surface area (Å²) >= 11 is 5.55. The molecule has 1 unspecified atom stereocenters. The molecular formula is C16H26BrNS. The number of likely N-dealkylation sites (N-methyl/N-ethyl adjacent to an activating group) is 1. The highest BCUT2D eigenvalue weighted by molar-refractivity contribution is 9.10. The molecule has 1 aliphatic rings. The number of hydrogen-bond acceptors (Lipinski definition) is 2. The average molecular weight is 344 g/mol. The van der Waals surface area contributed by atoms with Gasteiger partial charge < -0.3 is 5.32 Å². The van der Waals surface area contributed by atoms with E-state index in [1.807, 2.05) is 11.3 Å². The van der Waals surface area contributed by atoms with Crippen LogP contribution in [0.3, 0.4) is 0 Å². The molecule has 1 nitrogen and oxygen atoms in total. The van der Waals surface area contributed by atoms with Crippen LogP contribution in [0.5, 0.6) is 0 Å². The van der Waals surface area contributed by atoms with E-state index in [1.165, 1.54) is 60.7 Å². The van der Waals surface area contributed by atoms with Crippen LogP contribution in [-0.4, -0.2) is 12.6 Å². The van der Waals surface area contributed by atoms with Crippen LogP contribution < -0.4 is 5.32 Å². The van der Waals surface area contributed by atoms with Gasteiger partial charge in [-0.1, -0.05) is 45.4 Å². The van der Waals surface area contributed by atoms with E-state index >= 15 is 0 Å². The van der Waals surface area contributed by atoms with E-state index < -0.39 is 0 Å². The van der Waals surface area contributed by atoms with E-state index in [0.29, 0.717) is 6.04 Å². The van der Waals surface area contributed by atoms with Crippen LogP contribution in [0.1, 0.15) is 56.7 Å². The molecule has 108 valence electrons. The summed E-state index contributed by atoms with van der Waals surface area (Å²) in [5.41, 5.74) is 0. The highest BCUT2D eigenvalue weighted by Gasteiger charge is 2.19. The Bertz CT molecular complexity index is 355. The molecule has 1 atom stereocenters. The molecule has 1 aliphatic carbocycles. The van der Waals surface area contributed by atoms with Gasteiger partial charge in [0.15, 0.2) is 0 Å². The molecule has 2 rings (SSSR count). The summed E-state index contributed by atoms with van der Waals surface area (Å²) in [6.45, 7) is 3.31. The predicted octanol–water partition coefficient (Wildman–Crippen LogP) is 5.39. The molecule has 0 saturated heterocycles. The molecule has 1 saturated carbocycles. The molecule has 0 bridgehead atoms. The summed E-state index contributed by atoms with van der Waals surface area (Å²) in [6.07, 6.45) is 11.3. The molecule has 1 N–H and O–H groups in total. The van der Waals surface area contributed by atoms with Crippen molar-refractivity contribution >= 4 is 27.3 Å². The zero-order chi connectivity index (χ0) is 13.5. The highest BCUT2D eigenvalue weighted by Crippen LogP contribution is 2.29. The molecule has 0 aromatic carbocycles. The van der Waals surface area contributed by atoms with Crippen LogP contribution in [0, 0.1) is 5.92 Å². The normalized spacial score (nSPS) is 19.3. The van der Waals surface area contributed by atoms with Gasteiger partial charge in [-0.2, -0.15) is 0 Å². The van der Waals surface area contributed by atoms with E-state index in [0.717, 1.165) is 12.5 Å². The summed E-state index contributed by atoms with van der Waals surface area (Å²) in [5, 5.41) is 5.89. The largest absolute Gasteiger partial charge is 0.314 e. The van der Waals surface area contributed by atoms with Crippen molar-refractivity contribution in [3.8, 4) is 0 Å². The van der Waals surface area contributed by atoms with Gasteiger partial charge in [-0.15, -0.1) is 11.3 Å². The van der Waals surface area contributed by atoms with Crippen molar-refractivity contribution in [1.82, 2.24) is 5.32 Å². The van der Waals surface area contributed by atoms with Gasteiger partial charge in [-0.3, -0.25) is 0 Å². The van der Waals surface area contributed by atoms with Crippen LogP contribution in [0.15, 0.2) is 15.9 Å². The third-order valence-corrected chi connectivity index (χ3v) is 6.16. The van der Waals surface area contributed by atoms with Crippen molar-refractivity contribution in [2.24, 2.45) is 5.92 Å².